The van der Waals surface area contributed by atoms with Gasteiger partial charge in [0.05, 0.1) is 5.69 Å². The molecule has 0 spiro atoms. The van der Waals surface area contributed by atoms with Gasteiger partial charge < -0.3 is 5.32 Å². The van der Waals surface area contributed by atoms with Gasteiger partial charge in [-0.05, 0) is 46.7 Å². The maximum Gasteiger partial charge on any atom is 0.206 e. The number of benzene rings is 2. The van der Waals surface area contributed by atoms with Crippen LogP contribution in [0.4, 0.5) is 17.2 Å². The normalized spacial score (nSPS) is 11.3. The Hall–Kier alpha value is -2.90. The zero-order chi connectivity index (χ0) is 16.1. The van der Waals surface area contributed by atoms with Gasteiger partial charge in [-0.15, -0.1) is 0 Å². The summed E-state index contributed by atoms with van der Waals surface area (Å²) in [7, 11) is 0. The van der Waals surface area contributed by atoms with Crippen molar-refractivity contribution < 1.29 is 9.84 Å². The Morgan fingerprint density at radius 1 is 1.04 bits per heavy atom. The van der Waals surface area contributed by atoms with Gasteiger partial charge in [0.25, 0.3) is 0 Å². The summed E-state index contributed by atoms with van der Waals surface area (Å²) < 4.78 is 4.74. The van der Waals surface area contributed by atoms with Gasteiger partial charge in [0.1, 0.15) is 0 Å². The number of hydrogen-bond donors (Lipinski definition) is 3. The molecule has 0 aliphatic rings. The van der Waals surface area contributed by atoms with Crippen LogP contribution < -0.4 is 10.8 Å². The van der Waals surface area contributed by atoms with E-state index in [0.717, 1.165) is 5.69 Å². The fourth-order valence-electron chi connectivity index (χ4n) is 1.86. The summed E-state index contributed by atoms with van der Waals surface area (Å²) in [6.07, 6.45) is 0. The summed E-state index contributed by atoms with van der Waals surface area (Å²) in [5.41, 5.74) is 3.64. The van der Waals surface area contributed by atoms with Crippen molar-refractivity contribution in [1.29, 1.82) is 0 Å². The van der Waals surface area contributed by atoms with Gasteiger partial charge >= 0.3 is 0 Å². The van der Waals surface area contributed by atoms with Crippen LogP contribution in [0.25, 0.3) is 0 Å². The predicted octanol–water partition coefficient (Wildman–Crippen LogP) is 3.52. The lowest BCUT2D eigenvalue weighted by Gasteiger charge is -2.05. The molecule has 0 saturated carbocycles. The van der Waals surface area contributed by atoms with E-state index in [0.29, 0.717) is 16.5 Å². The first-order valence-corrected chi connectivity index (χ1v) is 7.03. The van der Waals surface area contributed by atoms with Crippen molar-refractivity contribution in [1.82, 2.24) is 15.8 Å². The molecule has 0 atom stereocenters. The van der Waals surface area contributed by atoms with E-state index < -0.39 is 0 Å². The first-order valence-electron chi connectivity index (χ1n) is 6.65. The smallest absolute Gasteiger partial charge is 0.206 e. The van der Waals surface area contributed by atoms with Crippen LogP contribution >= 0.6 is 11.6 Å². The van der Waals surface area contributed by atoms with Crippen LogP contribution in [0.15, 0.2) is 64.2 Å². The molecule has 3 rings (SSSR count). The Morgan fingerprint density at radius 2 is 1.78 bits per heavy atom. The van der Waals surface area contributed by atoms with Gasteiger partial charge in [-0.1, -0.05) is 29.8 Å². The molecule has 1 heterocycles. The number of para-hydroxylation sites is 1. The zero-order valence-electron chi connectivity index (χ0n) is 11.8. The SMILES string of the molecule is ONC(=Nc1ccccc1)c1nonc1Nc1ccc(Cl)cc1. The standard InChI is InChI=1S/C15H12ClN5O2/c16-10-6-8-12(9-7-10)18-15-13(20-23-21-15)14(19-22)17-11-4-2-1-3-5-11/h1-9,22H,(H,17,19)(H,18,21). The van der Waals surface area contributed by atoms with Crippen molar-refractivity contribution in [3.05, 3.63) is 65.3 Å². The molecule has 0 unspecified atom stereocenters. The minimum Gasteiger partial charge on any atom is -0.335 e. The number of amidine groups is 1. The summed E-state index contributed by atoms with van der Waals surface area (Å²) in [5, 5.41) is 20.5. The third-order valence-corrected chi connectivity index (χ3v) is 3.17. The molecule has 0 aliphatic carbocycles. The molecule has 0 radical (unpaired) electrons. The van der Waals surface area contributed by atoms with Gasteiger partial charge in [0.2, 0.25) is 5.82 Å². The van der Waals surface area contributed by atoms with Crippen LogP contribution in [0.1, 0.15) is 5.69 Å². The van der Waals surface area contributed by atoms with Crippen molar-refractivity contribution in [3.63, 3.8) is 0 Å². The van der Waals surface area contributed by atoms with Crippen LogP contribution in [0.3, 0.4) is 0 Å². The van der Waals surface area contributed by atoms with E-state index in [2.05, 4.69) is 20.6 Å². The number of hydroxylamine groups is 1. The zero-order valence-corrected chi connectivity index (χ0v) is 12.5. The fraction of sp³-hybridized carbons (Fsp3) is 0. The van der Waals surface area contributed by atoms with Gasteiger partial charge in [-0.25, -0.2) is 9.62 Å². The molecule has 0 saturated heterocycles. The molecule has 0 aliphatic heterocycles. The molecule has 3 aromatic rings. The second kappa shape index (κ2) is 6.91. The molecule has 23 heavy (non-hydrogen) atoms. The summed E-state index contributed by atoms with van der Waals surface area (Å²) in [6, 6.07) is 16.1. The molecule has 8 heteroatoms. The van der Waals surface area contributed by atoms with Gasteiger partial charge in [-0.2, -0.15) is 0 Å². The maximum atomic E-state index is 9.35. The highest BCUT2D eigenvalue weighted by atomic mass is 35.5. The lowest BCUT2D eigenvalue weighted by molar-refractivity contribution is 0.234. The van der Waals surface area contributed by atoms with E-state index in [1.165, 1.54) is 0 Å². The van der Waals surface area contributed by atoms with Crippen LogP contribution in [0.5, 0.6) is 0 Å². The van der Waals surface area contributed by atoms with Crippen molar-refractivity contribution in [2.45, 2.75) is 0 Å². The number of hydrogen-bond acceptors (Lipinski definition) is 6. The van der Waals surface area contributed by atoms with Gasteiger partial charge in [-0.3, -0.25) is 10.7 Å². The number of aliphatic imine (C=N–C) groups is 1. The molecule has 116 valence electrons. The van der Waals surface area contributed by atoms with Gasteiger partial charge in [0.15, 0.2) is 11.5 Å². The van der Waals surface area contributed by atoms with E-state index in [9.17, 15) is 5.21 Å². The second-order valence-corrected chi connectivity index (χ2v) is 4.94. The average molecular weight is 330 g/mol. The quantitative estimate of drug-likeness (QED) is 0.385. The fourth-order valence-corrected chi connectivity index (χ4v) is 1.98. The Kier molecular flexibility index (Phi) is 4.51. The lowest BCUT2D eigenvalue weighted by Crippen LogP contribution is -2.21. The summed E-state index contributed by atoms with van der Waals surface area (Å²) in [4.78, 5) is 4.27. The summed E-state index contributed by atoms with van der Waals surface area (Å²) in [6.45, 7) is 0. The highest BCUT2D eigenvalue weighted by Crippen LogP contribution is 2.21. The maximum absolute atomic E-state index is 9.35. The first-order chi connectivity index (χ1) is 11.3. The second-order valence-electron chi connectivity index (χ2n) is 4.50. The number of rotatable bonds is 4. The molecule has 1 aromatic heterocycles. The highest BCUT2D eigenvalue weighted by molar-refractivity contribution is 6.30. The van der Waals surface area contributed by atoms with E-state index in [1.807, 2.05) is 23.7 Å². The van der Waals surface area contributed by atoms with Crippen molar-refractivity contribution in [3.8, 4) is 0 Å². The third-order valence-electron chi connectivity index (χ3n) is 2.92. The van der Waals surface area contributed by atoms with Crippen molar-refractivity contribution >= 4 is 34.6 Å². The average Bonchev–Trinajstić information content (AvgIpc) is 3.04. The first kappa shape index (κ1) is 15.0. The minimum atomic E-state index is 0.105. The molecular weight excluding hydrogens is 318 g/mol. The topological polar surface area (TPSA) is 95.6 Å². The predicted molar refractivity (Wildman–Crippen MR) is 86.6 cm³/mol. The Labute approximate surface area is 136 Å². The van der Waals surface area contributed by atoms with Crippen LogP contribution in [0, 0.1) is 0 Å². The Balaban J connectivity index is 1.89. The number of nitrogens with zero attached hydrogens (tertiary/aromatic N) is 3. The Bertz CT molecular complexity index is 802. The largest absolute Gasteiger partial charge is 0.335 e. The van der Waals surface area contributed by atoms with Gasteiger partial charge in [0, 0.05) is 10.7 Å². The van der Waals surface area contributed by atoms with Crippen LogP contribution in [0.2, 0.25) is 5.02 Å². The van der Waals surface area contributed by atoms with E-state index in [-0.39, 0.29) is 11.5 Å². The van der Waals surface area contributed by atoms with Crippen LogP contribution in [-0.4, -0.2) is 21.4 Å². The van der Waals surface area contributed by atoms with Crippen LogP contribution in [-0.2, 0) is 0 Å². The summed E-state index contributed by atoms with van der Waals surface area (Å²) >= 11 is 5.85. The number of anilines is 2. The van der Waals surface area contributed by atoms with E-state index in [1.54, 1.807) is 36.4 Å². The lowest BCUT2D eigenvalue weighted by atomic mass is 10.3. The molecule has 2 aromatic carbocycles. The molecule has 7 nitrogen and oxygen atoms in total. The number of nitrogens with one attached hydrogen (secondary N) is 2. The molecular formula is C15H12ClN5O2. The van der Waals surface area contributed by atoms with E-state index >= 15 is 0 Å². The molecule has 0 bridgehead atoms. The monoisotopic (exact) mass is 329 g/mol. The third kappa shape index (κ3) is 3.65. The van der Waals surface area contributed by atoms with Crippen molar-refractivity contribution in [2.24, 2.45) is 4.99 Å². The molecule has 3 N–H and O–H groups in total. The van der Waals surface area contributed by atoms with E-state index in [4.69, 9.17) is 16.2 Å². The number of aromatic nitrogens is 2. The molecule has 0 amide bonds. The summed E-state index contributed by atoms with van der Waals surface area (Å²) in [5.74, 6) is 0.414. The van der Waals surface area contributed by atoms with Crippen molar-refractivity contribution in [2.75, 3.05) is 5.32 Å². The Morgan fingerprint density at radius 3 is 2.48 bits per heavy atom. The minimum absolute atomic E-state index is 0.105. The highest BCUT2D eigenvalue weighted by Gasteiger charge is 2.16. The number of halogens is 1. The molecule has 0 fully saturated rings.